The number of nitrogens with one attached hydrogen (secondary N) is 1. The number of rotatable bonds is 4. The zero-order chi connectivity index (χ0) is 14.5. The first-order valence-electron chi connectivity index (χ1n) is 6.00. The lowest BCUT2D eigenvalue weighted by molar-refractivity contribution is 0.0947. The van der Waals surface area contributed by atoms with E-state index in [4.69, 9.17) is 5.11 Å². The van der Waals surface area contributed by atoms with Crippen LogP contribution in [0.2, 0.25) is 0 Å². The number of carbonyl (C=O) groups excluding carboxylic acids is 1. The van der Waals surface area contributed by atoms with Crippen molar-refractivity contribution >= 4 is 21.8 Å². The van der Waals surface area contributed by atoms with E-state index >= 15 is 0 Å². The maximum atomic E-state index is 13.5. The summed E-state index contributed by atoms with van der Waals surface area (Å²) in [7, 11) is 0. The van der Waals surface area contributed by atoms with Gasteiger partial charge in [0, 0.05) is 17.9 Å². The van der Waals surface area contributed by atoms with Crippen LogP contribution in [-0.4, -0.2) is 11.0 Å². The molecule has 0 bridgehead atoms. The molecule has 20 heavy (non-hydrogen) atoms. The van der Waals surface area contributed by atoms with E-state index in [1.807, 2.05) is 24.3 Å². The van der Waals surface area contributed by atoms with Crippen molar-refractivity contribution in [2.75, 3.05) is 0 Å². The minimum absolute atomic E-state index is 0.0838. The first-order chi connectivity index (χ1) is 9.60. The lowest BCUT2D eigenvalue weighted by Crippen LogP contribution is -2.23. The van der Waals surface area contributed by atoms with Crippen molar-refractivity contribution in [3.8, 4) is 5.75 Å². The molecule has 0 saturated carbocycles. The predicted molar refractivity (Wildman–Crippen MR) is 78.3 cm³/mol. The molecule has 0 unspecified atom stereocenters. The number of alkyl halides is 1. The van der Waals surface area contributed by atoms with Crippen LogP contribution >= 0.6 is 15.9 Å². The van der Waals surface area contributed by atoms with Crippen molar-refractivity contribution in [2.24, 2.45) is 0 Å². The minimum Gasteiger partial charge on any atom is -0.508 e. The van der Waals surface area contributed by atoms with Crippen LogP contribution in [0.15, 0.2) is 42.5 Å². The molecule has 2 aromatic rings. The molecule has 2 aromatic carbocycles. The van der Waals surface area contributed by atoms with Gasteiger partial charge in [-0.15, -0.1) is 0 Å². The van der Waals surface area contributed by atoms with E-state index in [2.05, 4.69) is 21.2 Å². The average Bonchev–Trinajstić information content (AvgIpc) is 2.45. The van der Waals surface area contributed by atoms with Crippen molar-refractivity contribution in [3.05, 3.63) is 65.0 Å². The van der Waals surface area contributed by atoms with Crippen LogP contribution in [0.4, 0.5) is 4.39 Å². The number of hydrogen-bond acceptors (Lipinski definition) is 2. The number of phenolic OH excluding ortho intramolecular Hbond substituents is 1. The van der Waals surface area contributed by atoms with Crippen molar-refractivity contribution < 1.29 is 14.3 Å². The van der Waals surface area contributed by atoms with Crippen molar-refractivity contribution in [1.82, 2.24) is 5.32 Å². The van der Waals surface area contributed by atoms with Gasteiger partial charge in [-0.05, 0) is 23.3 Å². The van der Waals surface area contributed by atoms with Gasteiger partial charge in [-0.25, -0.2) is 4.39 Å². The van der Waals surface area contributed by atoms with Gasteiger partial charge >= 0.3 is 0 Å². The van der Waals surface area contributed by atoms with Gasteiger partial charge in [0.2, 0.25) is 0 Å². The average molecular weight is 338 g/mol. The predicted octanol–water partition coefficient (Wildman–Crippen LogP) is 3.36. The number of carbonyl (C=O) groups is 1. The summed E-state index contributed by atoms with van der Waals surface area (Å²) in [6, 6.07) is 11.2. The molecule has 1 amide bonds. The number of amides is 1. The van der Waals surface area contributed by atoms with Crippen LogP contribution < -0.4 is 5.32 Å². The van der Waals surface area contributed by atoms with Crippen molar-refractivity contribution in [3.63, 3.8) is 0 Å². The normalized spacial score (nSPS) is 10.3. The van der Waals surface area contributed by atoms with Gasteiger partial charge in [0.25, 0.3) is 5.91 Å². The van der Waals surface area contributed by atoms with Gasteiger partial charge in [0.05, 0.1) is 5.56 Å². The first kappa shape index (κ1) is 14.5. The van der Waals surface area contributed by atoms with Gasteiger partial charge in [0.1, 0.15) is 11.6 Å². The van der Waals surface area contributed by atoms with E-state index in [1.54, 1.807) is 0 Å². The zero-order valence-electron chi connectivity index (χ0n) is 10.6. The highest BCUT2D eigenvalue weighted by Crippen LogP contribution is 2.15. The highest BCUT2D eigenvalue weighted by atomic mass is 79.9. The van der Waals surface area contributed by atoms with Crippen LogP contribution in [-0.2, 0) is 11.9 Å². The molecule has 2 rings (SSSR count). The van der Waals surface area contributed by atoms with E-state index in [9.17, 15) is 9.18 Å². The third kappa shape index (κ3) is 3.57. The molecule has 0 fully saturated rings. The Bertz CT molecular complexity index is 631. The zero-order valence-corrected chi connectivity index (χ0v) is 12.2. The molecule has 0 aliphatic heterocycles. The summed E-state index contributed by atoms with van der Waals surface area (Å²) in [4.78, 5) is 11.9. The summed E-state index contributed by atoms with van der Waals surface area (Å²) >= 11 is 3.36. The number of benzene rings is 2. The van der Waals surface area contributed by atoms with Gasteiger partial charge in [-0.2, -0.15) is 0 Å². The monoisotopic (exact) mass is 337 g/mol. The first-order valence-corrected chi connectivity index (χ1v) is 7.13. The maximum Gasteiger partial charge on any atom is 0.254 e. The lowest BCUT2D eigenvalue weighted by Gasteiger charge is -2.07. The molecule has 0 aliphatic rings. The molecule has 0 saturated heterocycles. The standard InChI is InChI=1S/C15H13BrFNO2/c16-8-10-2-1-3-11(6-10)9-18-15(20)13-5-4-12(19)7-14(13)17/h1-7,19H,8-9H2,(H,18,20). The second-order valence-corrected chi connectivity index (χ2v) is 4.86. The van der Waals surface area contributed by atoms with Gasteiger partial charge < -0.3 is 10.4 Å². The van der Waals surface area contributed by atoms with E-state index in [1.165, 1.54) is 12.1 Å². The topological polar surface area (TPSA) is 49.3 Å². The van der Waals surface area contributed by atoms with Crippen LogP contribution in [0, 0.1) is 5.82 Å². The molecule has 0 aliphatic carbocycles. The number of phenols is 1. The summed E-state index contributed by atoms with van der Waals surface area (Å²) in [5.74, 6) is -1.45. The van der Waals surface area contributed by atoms with E-state index < -0.39 is 11.7 Å². The second-order valence-electron chi connectivity index (χ2n) is 4.30. The van der Waals surface area contributed by atoms with Crippen LogP contribution in [0.3, 0.4) is 0 Å². The van der Waals surface area contributed by atoms with Crippen molar-refractivity contribution in [1.29, 1.82) is 0 Å². The molecule has 0 aromatic heterocycles. The molecule has 5 heteroatoms. The molecule has 0 spiro atoms. The molecule has 2 N–H and O–H groups in total. The lowest BCUT2D eigenvalue weighted by atomic mass is 10.1. The Kier molecular flexibility index (Phi) is 4.74. The summed E-state index contributed by atoms with van der Waals surface area (Å²) in [5, 5.41) is 12.5. The Morgan fingerprint density at radius 1 is 1.20 bits per heavy atom. The van der Waals surface area contributed by atoms with Crippen LogP contribution in [0.1, 0.15) is 21.5 Å². The van der Waals surface area contributed by atoms with E-state index in [0.717, 1.165) is 22.5 Å². The van der Waals surface area contributed by atoms with E-state index in [0.29, 0.717) is 6.54 Å². The Balaban J connectivity index is 2.04. The van der Waals surface area contributed by atoms with Gasteiger partial charge in [-0.1, -0.05) is 40.2 Å². The highest BCUT2D eigenvalue weighted by molar-refractivity contribution is 9.08. The molecular weight excluding hydrogens is 325 g/mol. The molecule has 0 heterocycles. The second kappa shape index (κ2) is 6.52. The highest BCUT2D eigenvalue weighted by Gasteiger charge is 2.11. The summed E-state index contributed by atoms with van der Waals surface area (Å²) in [6.45, 7) is 0.319. The SMILES string of the molecule is O=C(NCc1cccc(CBr)c1)c1ccc(O)cc1F. The fourth-order valence-electron chi connectivity index (χ4n) is 1.79. The smallest absolute Gasteiger partial charge is 0.254 e. The molecule has 3 nitrogen and oxygen atoms in total. The Labute approximate surface area is 124 Å². The van der Waals surface area contributed by atoms with Crippen LogP contribution in [0.25, 0.3) is 0 Å². The fraction of sp³-hybridized carbons (Fsp3) is 0.133. The molecule has 0 atom stereocenters. The third-order valence-corrected chi connectivity index (χ3v) is 3.44. The summed E-state index contributed by atoms with van der Waals surface area (Å²) < 4.78 is 13.5. The Morgan fingerprint density at radius 3 is 2.65 bits per heavy atom. The largest absolute Gasteiger partial charge is 0.508 e. The van der Waals surface area contributed by atoms with Crippen LogP contribution in [0.5, 0.6) is 5.75 Å². The van der Waals surface area contributed by atoms with Gasteiger partial charge in [-0.3, -0.25) is 4.79 Å². The Morgan fingerprint density at radius 2 is 1.95 bits per heavy atom. The molecular formula is C15H13BrFNO2. The third-order valence-electron chi connectivity index (χ3n) is 2.80. The quantitative estimate of drug-likeness (QED) is 0.840. The maximum absolute atomic E-state index is 13.5. The summed E-state index contributed by atoms with van der Waals surface area (Å²) in [6.07, 6.45) is 0. The fourth-order valence-corrected chi connectivity index (χ4v) is 2.14. The van der Waals surface area contributed by atoms with Gasteiger partial charge in [0.15, 0.2) is 0 Å². The molecule has 0 radical (unpaired) electrons. The van der Waals surface area contributed by atoms with E-state index in [-0.39, 0.29) is 11.3 Å². The number of halogens is 2. The summed E-state index contributed by atoms with van der Waals surface area (Å²) in [5.41, 5.74) is 1.96. The molecule has 104 valence electrons. The minimum atomic E-state index is -0.739. The number of hydrogen-bond donors (Lipinski definition) is 2. The Hall–Kier alpha value is -1.88. The van der Waals surface area contributed by atoms with Crippen molar-refractivity contribution in [2.45, 2.75) is 11.9 Å². The number of aromatic hydroxyl groups is 1.